The quantitative estimate of drug-likeness (QED) is 0.849. The lowest BCUT2D eigenvalue weighted by Crippen LogP contribution is -2.53. The van der Waals surface area contributed by atoms with Crippen molar-refractivity contribution in [2.24, 2.45) is 5.92 Å². The molecule has 0 saturated carbocycles. The topological polar surface area (TPSA) is 91.5 Å². The molecule has 3 rings (SSSR count). The van der Waals surface area contributed by atoms with E-state index in [-0.39, 0.29) is 30.2 Å². The predicted molar refractivity (Wildman–Crippen MR) is 87.2 cm³/mol. The van der Waals surface area contributed by atoms with Gasteiger partial charge in [0.25, 0.3) is 5.91 Å². The Morgan fingerprint density at radius 1 is 1.38 bits per heavy atom. The van der Waals surface area contributed by atoms with Crippen molar-refractivity contribution >= 4 is 5.91 Å². The molecule has 24 heavy (non-hydrogen) atoms. The molecule has 1 aliphatic rings. The van der Waals surface area contributed by atoms with Gasteiger partial charge in [0.2, 0.25) is 0 Å². The van der Waals surface area contributed by atoms with E-state index in [2.05, 4.69) is 37.3 Å². The van der Waals surface area contributed by atoms with Gasteiger partial charge in [-0.1, -0.05) is 35.5 Å². The lowest BCUT2D eigenvalue weighted by atomic mass is 9.91. The zero-order valence-electron chi connectivity index (χ0n) is 13.7. The molecule has 1 amide bonds. The lowest BCUT2D eigenvalue weighted by molar-refractivity contribution is 0.0723. The Balaban J connectivity index is 1.65. The molecule has 2 heterocycles. The fourth-order valence-electron chi connectivity index (χ4n) is 3.11. The van der Waals surface area contributed by atoms with Crippen LogP contribution in [0.2, 0.25) is 0 Å². The molecule has 2 unspecified atom stereocenters. The van der Waals surface area contributed by atoms with Gasteiger partial charge in [-0.3, -0.25) is 9.69 Å². The van der Waals surface area contributed by atoms with Crippen molar-refractivity contribution in [3.63, 3.8) is 0 Å². The fraction of sp³-hybridized carbons (Fsp3) is 0.471. The third kappa shape index (κ3) is 3.80. The highest BCUT2D eigenvalue weighted by molar-refractivity contribution is 5.93. The van der Waals surface area contributed by atoms with Crippen molar-refractivity contribution in [3.8, 4) is 0 Å². The summed E-state index contributed by atoms with van der Waals surface area (Å²) in [6.07, 6.45) is 0.838. The Bertz CT molecular complexity index is 673. The number of amides is 1. The highest BCUT2D eigenvalue weighted by Gasteiger charge is 2.31. The minimum Gasteiger partial charge on any atom is -0.396 e. The smallest absolute Gasteiger partial charge is 0.275 e. The third-order valence-electron chi connectivity index (χ3n) is 4.51. The van der Waals surface area contributed by atoms with Gasteiger partial charge in [0.1, 0.15) is 5.69 Å². The van der Waals surface area contributed by atoms with Crippen LogP contribution in [0, 0.1) is 12.8 Å². The van der Waals surface area contributed by atoms with Crippen LogP contribution in [0.25, 0.3) is 0 Å². The Morgan fingerprint density at radius 2 is 2.17 bits per heavy atom. The second-order valence-electron chi connectivity index (χ2n) is 6.23. The molecule has 1 saturated heterocycles. The maximum Gasteiger partial charge on any atom is 0.275 e. The Morgan fingerprint density at radius 3 is 2.83 bits per heavy atom. The summed E-state index contributed by atoms with van der Waals surface area (Å²) in [7, 11) is 0. The van der Waals surface area contributed by atoms with Gasteiger partial charge < -0.3 is 10.4 Å². The second kappa shape index (κ2) is 7.55. The van der Waals surface area contributed by atoms with Crippen LogP contribution in [0.4, 0.5) is 0 Å². The summed E-state index contributed by atoms with van der Waals surface area (Å²) in [4.78, 5) is 14.6. The molecular formula is C17H22N4O3. The van der Waals surface area contributed by atoms with Crippen LogP contribution in [0.1, 0.15) is 28.2 Å². The summed E-state index contributed by atoms with van der Waals surface area (Å²) >= 11 is 0. The third-order valence-corrected chi connectivity index (χ3v) is 4.51. The van der Waals surface area contributed by atoms with Crippen molar-refractivity contribution in [2.75, 3.05) is 19.7 Å². The molecule has 2 N–H and O–H groups in total. The van der Waals surface area contributed by atoms with E-state index in [1.54, 1.807) is 6.92 Å². The summed E-state index contributed by atoms with van der Waals surface area (Å²) < 4.78 is 4.59. The number of benzene rings is 1. The first kappa shape index (κ1) is 16.6. The number of carbonyl (C=O) groups is 1. The first-order chi connectivity index (χ1) is 11.7. The first-order valence-electron chi connectivity index (χ1n) is 8.14. The number of nitrogens with zero attached hydrogens (tertiary/aromatic N) is 3. The fourth-order valence-corrected chi connectivity index (χ4v) is 3.11. The van der Waals surface area contributed by atoms with Crippen molar-refractivity contribution in [1.29, 1.82) is 0 Å². The highest BCUT2D eigenvalue weighted by atomic mass is 16.6. The maximum absolute atomic E-state index is 12.3. The molecule has 1 fully saturated rings. The first-order valence-corrected chi connectivity index (χ1v) is 8.14. The van der Waals surface area contributed by atoms with E-state index in [4.69, 9.17) is 0 Å². The number of likely N-dealkylation sites (tertiary alicyclic amines) is 1. The van der Waals surface area contributed by atoms with Crippen LogP contribution in [-0.2, 0) is 6.54 Å². The van der Waals surface area contributed by atoms with Crippen LogP contribution in [-0.4, -0.2) is 52.0 Å². The van der Waals surface area contributed by atoms with Crippen molar-refractivity contribution in [2.45, 2.75) is 25.9 Å². The van der Waals surface area contributed by atoms with Gasteiger partial charge in [0.15, 0.2) is 5.69 Å². The van der Waals surface area contributed by atoms with Crippen LogP contribution in [0.5, 0.6) is 0 Å². The molecule has 2 atom stereocenters. The standard InChI is InChI=1S/C17H22N4O3/c1-12-16(20-24-19-12)17(23)18-15-10-21(8-7-14(15)11-22)9-13-5-3-2-4-6-13/h2-6,14-15,22H,7-11H2,1H3,(H,18,23). The largest absolute Gasteiger partial charge is 0.396 e. The van der Waals surface area contributed by atoms with E-state index in [1.165, 1.54) is 5.56 Å². The highest BCUT2D eigenvalue weighted by Crippen LogP contribution is 2.20. The van der Waals surface area contributed by atoms with Gasteiger partial charge in [0, 0.05) is 31.7 Å². The molecule has 7 heteroatoms. The number of piperidine rings is 1. The van der Waals surface area contributed by atoms with Gasteiger partial charge in [-0.05, 0) is 30.6 Å². The van der Waals surface area contributed by atoms with E-state index < -0.39 is 0 Å². The summed E-state index contributed by atoms with van der Waals surface area (Å²) in [5.41, 5.74) is 1.90. The van der Waals surface area contributed by atoms with Crippen LogP contribution in [0.3, 0.4) is 0 Å². The molecule has 0 radical (unpaired) electrons. The number of hydrogen-bond donors (Lipinski definition) is 2. The van der Waals surface area contributed by atoms with E-state index in [1.807, 2.05) is 18.2 Å². The summed E-state index contributed by atoms with van der Waals surface area (Å²) in [6.45, 7) is 4.15. The number of rotatable bonds is 5. The van der Waals surface area contributed by atoms with E-state index in [0.717, 1.165) is 19.5 Å². The van der Waals surface area contributed by atoms with Crippen molar-refractivity contribution in [1.82, 2.24) is 20.5 Å². The summed E-state index contributed by atoms with van der Waals surface area (Å²) in [5, 5.41) is 19.9. The Hall–Kier alpha value is -2.25. The van der Waals surface area contributed by atoms with E-state index >= 15 is 0 Å². The average molecular weight is 330 g/mol. The number of nitrogens with one attached hydrogen (secondary N) is 1. The molecule has 1 aromatic heterocycles. The Kier molecular flexibility index (Phi) is 5.22. The van der Waals surface area contributed by atoms with Gasteiger partial charge in [0.05, 0.1) is 0 Å². The number of aliphatic hydroxyl groups is 1. The summed E-state index contributed by atoms with van der Waals surface area (Å²) in [5.74, 6) is -0.264. The molecular weight excluding hydrogens is 308 g/mol. The van der Waals surface area contributed by atoms with Gasteiger partial charge >= 0.3 is 0 Å². The van der Waals surface area contributed by atoms with Crippen LogP contribution >= 0.6 is 0 Å². The maximum atomic E-state index is 12.3. The number of aliphatic hydroxyl groups excluding tert-OH is 1. The van der Waals surface area contributed by atoms with Crippen LogP contribution < -0.4 is 5.32 Å². The number of carbonyl (C=O) groups excluding carboxylic acids is 1. The molecule has 128 valence electrons. The van der Waals surface area contributed by atoms with Gasteiger partial charge in [-0.25, -0.2) is 4.63 Å². The molecule has 1 aromatic carbocycles. The monoisotopic (exact) mass is 330 g/mol. The summed E-state index contributed by atoms with van der Waals surface area (Å²) in [6, 6.07) is 10.1. The molecule has 7 nitrogen and oxygen atoms in total. The molecule has 0 bridgehead atoms. The number of aromatic nitrogens is 2. The molecule has 2 aromatic rings. The molecule has 0 spiro atoms. The Labute approximate surface area is 140 Å². The van der Waals surface area contributed by atoms with Gasteiger partial charge in [-0.15, -0.1) is 0 Å². The normalized spacial score (nSPS) is 21.6. The van der Waals surface area contributed by atoms with Gasteiger partial charge in [-0.2, -0.15) is 0 Å². The van der Waals surface area contributed by atoms with Crippen LogP contribution in [0.15, 0.2) is 35.0 Å². The lowest BCUT2D eigenvalue weighted by Gasteiger charge is -2.38. The van der Waals surface area contributed by atoms with Crippen molar-refractivity contribution in [3.05, 3.63) is 47.3 Å². The minimum atomic E-state index is -0.307. The molecule has 1 aliphatic heterocycles. The zero-order chi connectivity index (χ0) is 16.9. The van der Waals surface area contributed by atoms with E-state index in [9.17, 15) is 9.90 Å². The number of aryl methyl sites for hydroxylation is 1. The SMILES string of the molecule is Cc1nonc1C(=O)NC1CN(Cc2ccccc2)CCC1CO. The molecule has 0 aliphatic carbocycles. The average Bonchev–Trinajstić information content (AvgIpc) is 3.02. The zero-order valence-corrected chi connectivity index (χ0v) is 13.7. The minimum absolute atomic E-state index is 0.0427. The van der Waals surface area contributed by atoms with Crippen molar-refractivity contribution < 1.29 is 14.5 Å². The van der Waals surface area contributed by atoms with E-state index in [0.29, 0.717) is 12.2 Å². The second-order valence-corrected chi connectivity index (χ2v) is 6.23. The number of hydrogen-bond acceptors (Lipinski definition) is 6. The predicted octanol–water partition coefficient (Wildman–Crippen LogP) is 0.991.